The molecule has 0 saturated heterocycles. The van der Waals surface area contributed by atoms with Gasteiger partial charge in [0.15, 0.2) is 12.4 Å². The van der Waals surface area contributed by atoms with Crippen LogP contribution in [-0.2, 0) is 16.0 Å². The molecule has 0 bridgehead atoms. The number of ketones is 1. The number of hydrogen-bond donors (Lipinski definition) is 0. The van der Waals surface area contributed by atoms with Gasteiger partial charge in [-0.3, -0.25) is 9.59 Å². The number of rotatable bonds is 7. The fourth-order valence-corrected chi connectivity index (χ4v) is 2.57. The van der Waals surface area contributed by atoms with Crippen LogP contribution in [0, 0.1) is 0 Å². The SMILES string of the molecule is CCOC(=O)Cc1cc2ccc(OCC(=O)c3ccccc3)cc2oc1=O. The van der Waals surface area contributed by atoms with Crippen molar-refractivity contribution in [1.29, 1.82) is 0 Å². The minimum atomic E-state index is -0.604. The first-order valence-corrected chi connectivity index (χ1v) is 8.50. The number of esters is 1. The lowest BCUT2D eigenvalue weighted by atomic mass is 10.1. The summed E-state index contributed by atoms with van der Waals surface area (Å²) in [6.07, 6.45) is -0.143. The van der Waals surface area contributed by atoms with Gasteiger partial charge in [0.2, 0.25) is 0 Å². The quantitative estimate of drug-likeness (QED) is 0.363. The lowest BCUT2D eigenvalue weighted by Gasteiger charge is -2.07. The zero-order valence-corrected chi connectivity index (χ0v) is 14.8. The highest BCUT2D eigenvalue weighted by Gasteiger charge is 2.12. The first kappa shape index (κ1) is 18.4. The van der Waals surface area contributed by atoms with E-state index in [-0.39, 0.29) is 31.0 Å². The van der Waals surface area contributed by atoms with Gasteiger partial charge in [0.05, 0.1) is 13.0 Å². The van der Waals surface area contributed by atoms with Crippen molar-refractivity contribution in [2.24, 2.45) is 0 Å². The number of carbonyl (C=O) groups excluding carboxylic acids is 2. The third-order valence-corrected chi connectivity index (χ3v) is 3.89. The first-order valence-electron chi connectivity index (χ1n) is 8.50. The topological polar surface area (TPSA) is 82.8 Å². The van der Waals surface area contributed by atoms with Crippen molar-refractivity contribution in [3.8, 4) is 5.75 Å². The van der Waals surface area contributed by atoms with E-state index in [0.29, 0.717) is 22.3 Å². The van der Waals surface area contributed by atoms with Crippen LogP contribution in [0.2, 0.25) is 0 Å². The van der Waals surface area contributed by atoms with Crippen molar-refractivity contribution >= 4 is 22.7 Å². The van der Waals surface area contributed by atoms with Crippen LogP contribution in [0.4, 0.5) is 0 Å². The Morgan fingerprint density at radius 1 is 1.04 bits per heavy atom. The van der Waals surface area contributed by atoms with Gasteiger partial charge in [-0.05, 0) is 25.1 Å². The molecule has 0 radical (unpaired) electrons. The summed E-state index contributed by atoms with van der Waals surface area (Å²) in [5.74, 6) is -0.224. The lowest BCUT2D eigenvalue weighted by Crippen LogP contribution is -2.15. The summed E-state index contributed by atoms with van der Waals surface area (Å²) in [7, 11) is 0. The monoisotopic (exact) mass is 366 g/mol. The van der Waals surface area contributed by atoms with E-state index in [9.17, 15) is 14.4 Å². The molecule has 0 spiro atoms. The van der Waals surface area contributed by atoms with E-state index in [1.807, 2.05) is 6.07 Å². The molecule has 6 heteroatoms. The van der Waals surface area contributed by atoms with Crippen molar-refractivity contribution in [3.05, 3.63) is 76.1 Å². The molecular weight excluding hydrogens is 348 g/mol. The number of ether oxygens (including phenoxy) is 2. The Morgan fingerprint density at radius 3 is 2.56 bits per heavy atom. The van der Waals surface area contributed by atoms with Crippen LogP contribution >= 0.6 is 0 Å². The molecule has 3 aromatic rings. The van der Waals surface area contributed by atoms with Crippen LogP contribution in [0.1, 0.15) is 22.8 Å². The Labute approximate surface area is 155 Å². The second kappa shape index (κ2) is 8.31. The minimum Gasteiger partial charge on any atom is -0.485 e. The molecule has 6 nitrogen and oxygen atoms in total. The summed E-state index contributed by atoms with van der Waals surface area (Å²) in [5.41, 5.74) is 0.507. The molecular formula is C21H18O6. The highest BCUT2D eigenvalue weighted by atomic mass is 16.5. The maximum absolute atomic E-state index is 12.1. The smallest absolute Gasteiger partial charge is 0.340 e. The molecule has 0 saturated carbocycles. The molecule has 0 amide bonds. The van der Waals surface area contributed by atoms with E-state index in [0.717, 1.165) is 0 Å². The number of benzene rings is 2. The summed E-state index contributed by atoms with van der Waals surface area (Å²) >= 11 is 0. The van der Waals surface area contributed by atoms with Crippen LogP contribution in [0.5, 0.6) is 5.75 Å². The lowest BCUT2D eigenvalue weighted by molar-refractivity contribution is -0.142. The van der Waals surface area contributed by atoms with Gasteiger partial charge >= 0.3 is 11.6 Å². The zero-order valence-electron chi connectivity index (χ0n) is 14.8. The van der Waals surface area contributed by atoms with Gasteiger partial charge in [0.1, 0.15) is 11.3 Å². The van der Waals surface area contributed by atoms with Crippen molar-refractivity contribution in [3.63, 3.8) is 0 Å². The summed E-state index contributed by atoms with van der Waals surface area (Å²) in [4.78, 5) is 35.7. The molecule has 2 aromatic carbocycles. The molecule has 1 heterocycles. The Kier molecular flexibility index (Phi) is 5.66. The fraction of sp³-hybridized carbons (Fsp3) is 0.190. The predicted molar refractivity (Wildman–Crippen MR) is 99.1 cm³/mol. The van der Waals surface area contributed by atoms with E-state index >= 15 is 0 Å². The van der Waals surface area contributed by atoms with Crippen molar-refractivity contribution < 1.29 is 23.5 Å². The Balaban J connectivity index is 1.74. The molecule has 0 fully saturated rings. The van der Waals surface area contributed by atoms with Crippen LogP contribution in [-0.4, -0.2) is 25.0 Å². The Bertz CT molecular complexity index is 1020. The molecule has 0 N–H and O–H groups in total. The van der Waals surface area contributed by atoms with Crippen molar-refractivity contribution in [1.82, 2.24) is 0 Å². The summed E-state index contributed by atoms with van der Waals surface area (Å²) in [6, 6.07) is 15.4. The average molecular weight is 366 g/mol. The summed E-state index contributed by atoms with van der Waals surface area (Å²) in [6.45, 7) is 1.83. The highest BCUT2D eigenvalue weighted by Crippen LogP contribution is 2.21. The molecule has 0 aliphatic heterocycles. The van der Waals surface area contributed by atoms with Crippen LogP contribution in [0.3, 0.4) is 0 Å². The second-order valence-corrected chi connectivity index (χ2v) is 5.82. The van der Waals surface area contributed by atoms with Crippen LogP contribution < -0.4 is 10.4 Å². The molecule has 1 aromatic heterocycles. The predicted octanol–water partition coefficient (Wildman–Crippen LogP) is 3.16. The van der Waals surface area contributed by atoms with Crippen molar-refractivity contribution in [2.45, 2.75) is 13.3 Å². The minimum absolute atomic E-state index is 0.124. The van der Waals surface area contributed by atoms with Gasteiger partial charge in [-0.15, -0.1) is 0 Å². The molecule has 0 atom stereocenters. The van der Waals surface area contributed by atoms with Gasteiger partial charge in [-0.25, -0.2) is 4.79 Å². The number of fused-ring (bicyclic) bond motifs is 1. The van der Waals surface area contributed by atoms with Crippen LogP contribution in [0.15, 0.2) is 63.8 Å². The van der Waals surface area contributed by atoms with Gasteiger partial charge in [0, 0.05) is 22.6 Å². The third-order valence-electron chi connectivity index (χ3n) is 3.89. The average Bonchev–Trinajstić information content (AvgIpc) is 2.67. The van der Waals surface area contributed by atoms with Gasteiger partial charge < -0.3 is 13.9 Å². The third kappa shape index (κ3) is 4.61. The number of carbonyl (C=O) groups is 2. The molecule has 0 aliphatic rings. The van der Waals surface area contributed by atoms with Crippen molar-refractivity contribution in [2.75, 3.05) is 13.2 Å². The van der Waals surface area contributed by atoms with E-state index in [1.165, 1.54) is 0 Å². The normalized spacial score (nSPS) is 10.6. The van der Waals surface area contributed by atoms with E-state index in [2.05, 4.69) is 0 Å². The highest BCUT2D eigenvalue weighted by molar-refractivity contribution is 5.97. The standard InChI is InChI=1S/C21H18O6/c1-2-25-20(23)11-16-10-15-8-9-17(12-19(15)27-21(16)24)26-13-18(22)14-6-4-3-5-7-14/h3-10,12H,2,11,13H2,1H3. The first-order chi connectivity index (χ1) is 13.1. The van der Waals surface area contributed by atoms with Gasteiger partial charge in [-0.2, -0.15) is 0 Å². The van der Waals surface area contributed by atoms with Crippen LogP contribution in [0.25, 0.3) is 11.0 Å². The maximum Gasteiger partial charge on any atom is 0.340 e. The number of Topliss-reactive ketones (excluding diaryl/α,β-unsaturated/α-hetero) is 1. The maximum atomic E-state index is 12.1. The van der Waals surface area contributed by atoms with E-state index in [1.54, 1.807) is 55.5 Å². The van der Waals surface area contributed by atoms with Gasteiger partial charge in [0.25, 0.3) is 0 Å². The summed E-state index contributed by atoms with van der Waals surface area (Å²) < 4.78 is 15.6. The molecule has 0 unspecified atom stereocenters. The molecule has 27 heavy (non-hydrogen) atoms. The molecule has 0 aliphatic carbocycles. The zero-order chi connectivity index (χ0) is 19.2. The Morgan fingerprint density at radius 2 is 1.81 bits per heavy atom. The summed E-state index contributed by atoms with van der Waals surface area (Å²) in [5, 5.41) is 0.649. The Hall–Kier alpha value is -3.41. The molecule has 138 valence electrons. The van der Waals surface area contributed by atoms with E-state index in [4.69, 9.17) is 13.9 Å². The largest absolute Gasteiger partial charge is 0.485 e. The second-order valence-electron chi connectivity index (χ2n) is 5.82. The fourth-order valence-electron chi connectivity index (χ4n) is 2.57. The number of hydrogen-bond acceptors (Lipinski definition) is 6. The molecule has 3 rings (SSSR count). The van der Waals surface area contributed by atoms with E-state index < -0.39 is 11.6 Å². The van der Waals surface area contributed by atoms with Gasteiger partial charge in [-0.1, -0.05) is 30.3 Å².